The van der Waals surface area contributed by atoms with Crippen molar-refractivity contribution in [3.8, 4) is 5.75 Å². The van der Waals surface area contributed by atoms with Crippen molar-refractivity contribution in [1.29, 1.82) is 0 Å². The molecule has 0 saturated carbocycles. The van der Waals surface area contributed by atoms with Gasteiger partial charge >= 0.3 is 0 Å². The summed E-state index contributed by atoms with van der Waals surface area (Å²) >= 11 is 0. The number of hydrogen-bond acceptors (Lipinski definition) is 2. The minimum Gasteiger partial charge on any atom is -0.492 e. The van der Waals surface area contributed by atoms with Crippen molar-refractivity contribution < 1.29 is 13.5 Å². The van der Waals surface area contributed by atoms with Gasteiger partial charge in [0.1, 0.15) is 24.0 Å². The van der Waals surface area contributed by atoms with Crippen molar-refractivity contribution in [2.75, 3.05) is 13.2 Å². The molecule has 0 amide bonds. The standard InChI is InChI=1S/C8H9F2NO.ClH/c9-6-3-7(10)5-8(4-6)12-2-1-11;/h3-5H,1-2,11H2;1H. The van der Waals surface area contributed by atoms with Gasteiger partial charge in [-0.2, -0.15) is 0 Å². The Hall–Kier alpha value is -0.870. The highest BCUT2D eigenvalue weighted by atomic mass is 35.5. The molecule has 0 unspecified atom stereocenters. The first-order chi connectivity index (χ1) is 5.72. The highest BCUT2D eigenvalue weighted by molar-refractivity contribution is 5.85. The molecule has 0 heterocycles. The highest BCUT2D eigenvalue weighted by Gasteiger charge is 1.99. The Bertz CT molecular complexity index is 250. The van der Waals surface area contributed by atoms with Crippen molar-refractivity contribution >= 4 is 12.4 Å². The average Bonchev–Trinajstić information content (AvgIpc) is 1.99. The molecule has 0 fully saturated rings. The molecule has 0 aliphatic heterocycles. The summed E-state index contributed by atoms with van der Waals surface area (Å²) in [4.78, 5) is 0. The van der Waals surface area contributed by atoms with Gasteiger partial charge in [-0.1, -0.05) is 0 Å². The lowest BCUT2D eigenvalue weighted by molar-refractivity contribution is 0.324. The summed E-state index contributed by atoms with van der Waals surface area (Å²) in [5, 5.41) is 0. The van der Waals surface area contributed by atoms with Crippen LogP contribution in [0.15, 0.2) is 18.2 Å². The average molecular weight is 210 g/mol. The topological polar surface area (TPSA) is 35.2 Å². The number of ether oxygens (including phenoxy) is 1. The molecule has 0 aliphatic rings. The van der Waals surface area contributed by atoms with Crippen molar-refractivity contribution in [2.24, 2.45) is 5.73 Å². The second kappa shape index (κ2) is 5.72. The van der Waals surface area contributed by atoms with E-state index in [1.165, 1.54) is 0 Å². The van der Waals surface area contributed by atoms with Crippen LogP contribution in [0.3, 0.4) is 0 Å². The maximum Gasteiger partial charge on any atom is 0.129 e. The number of halogens is 3. The van der Waals surface area contributed by atoms with E-state index < -0.39 is 11.6 Å². The van der Waals surface area contributed by atoms with Crippen molar-refractivity contribution in [3.05, 3.63) is 29.8 Å². The fraction of sp³-hybridized carbons (Fsp3) is 0.250. The zero-order valence-electron chi connectivity index (χ0n) is 6.80. The summed E-state index contributed by atoms with van der Waals surface area (Å²) in [6.45, 7) is 0.570. The van der Waals surface area contributed by atoms with Crippen LogP contribution in [0.4, 0.5) is 8.78 Å². The number of hydrogen-bond donors (Lipinski definition) is 1. The maximum atomic E-state index is 12.5. The van der Waals surface area contributed by atoms with E-state index in [4.69, 9.17) is 10.5 Å². The van der Waals surface area contributed by atoms with E-state index in [1.807, 2.05) is 0 Å². The summed E-state index contributed by atoms with van der Waals surface area (Å²) in [5.74, 6) is -1.14. The molecule has 0 aliphatic carbocycles. The minimum atomic E-state index is -0.651. The van der Waals surface area contributed by atoms with Gasteiger partial charge in [0.25, 0.3) is 0 Å². The zero-order valence-corrected chi connectivity index (χ0v) is 7.61. The Kier molecular flexibility index (Phi) is 5.34. The molecule has 0 bridgehead atoms. The summed E-state index contributed by atoms with van der Waals surface area (Å²) in [6, 6.07) is 3.01. The first-order valence-corrected chi connectivity index (χ1v) is 3.51. The third kappa shape index (κ3) is 4.05. The normalized spacial score (nSPS) is 9.15. The molecule has 74 valence electrons. The van der Waals surface area contributed by atoms with Crippen LogP contribution in [0.2, 0.25) is 0 Å². The summed E-state index contributed by atoms with van der Waals surface area (Å²) in [6.07, 6.45) is 0. The summed E-state index contributed by atoms with van der Waals surface area (Å²) < 4.78 is 29.9. The molecular weight excluding hydrogens is 200 g/mol. The van der Waals surface area contributed by atoms with Crippen molar-refractivity contribution in [1.82, 2.24) is 0 Å². The maximum absolute atomic E-state index is 12.5. The molecule has 13 heavy (non-hydrogen) atoms. The first-order valence-electron chi connectivity index (χ1n) is 3.51. The molecule has 1 rings (SSSR count). The molecule has 0 aromatic heterocycles. The van der Waals surface area contributed by atoms with E-state index in [1.54, 1.807) is 0 Å². The van der Waals surface area contributed by atoms with Crippen LogP contribution in [0.25, 0.3) is 0 Å². The molecule has 0 atom stereocenters. The monoisotopic (exact) mass is 209 g/mol. The Morgan fingerprint density at radius 2 is 1.69 bits per heavy atom. The molecule has 0 spiro atoms. The SMILES string of the molecule is Cl.NCCOc1cc(F)cc(F)c1. The molecule has 2 N–H and O–H groups in total. The fourth-order valence-electron chi connectivity index (χ4n) is 0.789. The number of nitrogens with two attached hydrogens (primary N) is 1. The van der Waals surface area contributed by atoms with Crippen molar-refractivity contribution in [2.45, 2.75) is 0 Å². The molecule has 1 aromatic carbocycles. The molecule has 5 heteroatoms. The quantitative estimate of drug-likeness (QED) is 0.823. The van der Waals surface area contributed by atoms with Crippen LogP contribution in [0, 0.1) is 11.6 Å². The van der Waals surface area contributed by atoms with E-state index >= 15 is 0 Å². The molecule has 0 radical (unpaired) electrons. The van der Waals surface area contributed by atoms with E-state index in [9.17, 15) is 8.78 Å². The van der Waals surface area contributed by atoms with Gasteiger partial charge in [-0.3, -0.25) is 0 Å². The van der Waals surface area contributed by atoms with E-state index in [0.29, 0.717) is 6.54 Å². The third-order valence-electron chi connectivity index (χ3n) is 1.22. The van der Waals surface area contributed by atoms with Gasteiger partial charge in [0.05, 0.1) is 0 Å². The molecular formula is C8H10ClF2NO. The Balaban J connectivity index is 0.00000144. The van der Waals surface area contributed by atoms with Crippen LogP contribution >= 0.6 is 12.4 Å². The van der Waals surface area contributed by atoms with E-state index in [2.05, 4.69) is 0 Å². The second-order valence-corrected chi connectivity index (χ2v) is 2.24. The Morgan fingerprint density at radius 1 is 1.15 bits per heavy atom. The van der Waals surface area contributed by atoms with Gasteiger partial charge < -0.3 is 10.5 Å². The van der Waals surface area contributed by atoms with Gasteiger partial charge in [-0.25, -0.2) is 8.78 Å². The summed E-state index contributed by atoms with van der Waals surface area (Å²) in [7, 11) is 0. The lowest BCUT2D eigenvalue weighted by Gasteiger charge is -2.03. The predicted molar refractivity (Wildman–Crippen MR) is 48.2 cm³/mol. The van der Waals surface area contributed by atoms with Gasteiger partial charge in [0.2, 0.25) is 0 Å². The van der Waals surface area contributed by atoms with Gasteiger partial charge in [-0.05, 0) is 0 Å². The van der Waals surface area contributed by atoms with Crippen LogP contribution in [-0.4, -0.2) is 13.2 Å². The van der Waals surface area contributed by atoms with Crippen LogP contribution in [0.1, 0.15) is 0 Å². The van der Waals surface area contributed by atoms with E-state index in [-0.39, 0.29) is 24.8 Å². The van der Waals surface area contributed by atoms with Crippen LogP contribution < -0.4 is 10.5 Å². The third-order valence-corrected chi connectivity index (χ3v) is 1.22. The molecule has 1 aromatic rings. The van der Waals surface area contributed by atoms with Crippen LogP contribution in [-0.2, 0) is 0 Å². The van der Waals surface area contributed by atoms with E-state index in [0.717, 1.165) is 18.2 Å². The van der Waals surface area contributed by atoms with Gasteiger partial charge in [-0.15, -0.1) is 12.4 Å². The Morgan fingerprint density at radius 3 is 2.15 bits per heavy atom. The van der Waals surface area contributed by atoms with Crippen molar-refractivity contribution in [3.63, 3.8) is 0 Å². The number of benzene rings is 1. The molecule has 0 saturated heterocycles. The molecule has 2 nitrogen and oxygen atoms in total. The fourth-order valence-corrected chi connectivity index (χ4v) is 0.789. The van der Waals surface area contributed by atoms with Crippen LogP contribution in [0.5, 0.6) is 5.75 Å². The first kappa shape index (κ1) is 12.1. The van der Waals surface area contributed by atoms with Gasteiger partial charge in [0.15, 0.2) is 0 Å². The smallest absolute Gasteiger partial charge is 0.129 e. The lowest BCUT2D eigenvalue weighted by Crippen LogP contribution is -2.10. The lowest BCUT2D eigenvalue weighted by atomic mass is 10.3. The largest absolute Gasteiger partial charge is 0.492 e. The van der Waals surface area contributed by atoms with Gasteiger partial charge in [0, 0.05) is 24.7 Å². The second-order valence-electron chi connectivity index (χ2n) is 2.24. The number of rotatable bonds is 3. The zero-order chi connectivity index (χ0) is 8.97. The summed E-state index contributed by atoms with van der Waals surface area (Å²) in [5.41, 5.74) is 5.14. The Labute approximate surface area is 81.1 Å². The highest BCUT2D eigenvalue weighted by Crippen LogP contribution is 2.14. The minimum absolute atomic E-state index is 0. The predicted octanol–water partition coefficient (Wildman–Crippen LogP) is 1.72.